The molecular formula is C28H34ClN5O5. The number of rotatable bonds is 11. The number of amides is 4. The standard InChI is InChI=1S/C28H34ClN5O5/c1-28(2,3)14-22(33-23(35)9-5-16-4-8-20(29)18(12-16)15-30)26(38)34-21(13-17-10-11-31-25(17)37)24(36)27(39)32-19-6-7-19/h4-5,8-9,12,17,19,21-22H,6-7,10-11,13-14H2,1-3H3,(H,31,37)(H,32,39)(H,33,35)(H,34,38)/b9-5+/t17-,21?,22-/m0/s1. The first kappa shape index (κ1) is 29.8. The number of carbonyl (C=O) groups is 5. The Morgan fingerprint density at radius 1 is 1.15 bits per heavy atom. The van der Waals surface area contributed by atoms with E-state index in [1.54, 1.807) is 12.1 Å². The third-order valence-electron chi connectivity index (χ3n) is 6.44. The molecule has 208 valence electrons. The van der Waals surface area contributed by atoms with E-state index in [2.05, 4.69) is 21.3 Å². The Kier molecular flexibility index (Phi) is 9.86. The van der Waals surface area contributed by atoms with Gasteiger partial charge in [0.2, 0.25) is 23.5 Å². The lowest BCUT2D eigenvalue weighted by Crippen LogP contribution is -2.55. The monoisotopic (exact) mass is 555 g/mol. The summed E-state index contributed by atoms with van der Waals surface area (Å²) in [5.41, 5.74) is 0.470. The van der Waals surface area contributed by atoms with Crippen LogP contribution in [0.15, 0.2) is 24.3 Å². The topological polar surface area (TPSA) is 157 Å². The largest absolute Gasteiger partial charge is 0.356 e. The zero-order chi connectivity index (χ0) is 28.7. The van der Waals surface area contributed by atoms with E-state index in [0.29, 0.717) is 23.6 Å². The molecule has 1 unspecified atom stereocenters. The number of nitriles is 1. The number of nitrogens with one attached hydrogen (secondary N) is 4. The van der Waals surface area contributed by atoms with Crippen molar-refractivity contribution >= 4 is 47.1 Å². The van der Waals surface area contributed by atoms with Gasteiger partial charge >= 0.3 is 0 Å². The molecule has 1 aromatic rings. The molecule has 0 bridgehead atoms. The van der Waals surface area contributed by atoms with Crippen molar-refractivity contribution in [3.63, 3.8) is 0 Å². The van der Waals surface area contributed by atoms with Crippen molar-refractivity contribution in [2.24, 2.45) is 11.3 Å². The number of hydrogen-bond donors (Lipinski definition) is 4. The van der Waals surface area contributed by atoms with Crippen LogP contribution in [-0.2, 0) is 24.0 Å². The third-order valence-corrected chi connectivity index (χ3v) is 6.77. The number of halogens is 1. The van der Waals surface area contributed by atoms with Crippen molar-refractivity contribution < 1.29 is 24.0 Å². The number of carbonyl (C=O) groups excluding carboxylic acids is 5. The van der Waals surface area contributed by atoms with E-state index in [0.717, 1.165) is 12.8 Å². The van der Waals surface area contributed by atoms with E-state index in [1.165, 1.54) is 18.2 Å². The fourth-order valence-electron chi connectivity index (χ4n) is 4.25. The summed E-state index contributed by atoms with van der Waals surface area (Å²) in [6.45, 7) is 6.17. The molecular weight excluding hydrogens is 522 g/mol. The van der Waals surface area contributed by atoms with Gasteiger partial charge in [0.25, 0.3) is 5.91 Å². The average molecular weight is 556 g/mol. The summed E-state index contributed by atoms with van der Waals surface area (Å²) in [6.07, 6.45) is 5.05. The van der Waals surface area contributed by atoms with Crippen LogP contribution in [0, 0.1) is 22.7 Å². The van der Waals surface area contributed by atoms with Gasteiger partial charge in [0.1, 0.15) is 12.1 Å². The summed E-state index contributed by atoms with van der Waals surface area (Å²) in [7, 11) is 0. The lowest BCUT2D eigenvalue weighted by Gasteiger charge is -2.28. The minimum absolute atomic E-state index is 0.0115. The maximum atomic E-state index is 13.4. The first-order valence-electron chi connectivity index (χ1n) is 13.0. The molecule has 2 aliphatic rings. The van der Waals surface area contributed by atoms with E-state index in [1.807, 2.05) is 26.8 Å². The molecule has 1 saturated carbocycles. The van der Waals surface area contributed by atoms with E-state index < -0.39 is 41.5 Å². The molecule has 1 aromatic carbocycles. The number of Topliss-reactive ketones (excluding diaryl/α,β-unsaturated/α-hetero) is 1. The summed E-state index contributed by atoms with van der Waals surface area (Å²) in [4.78, 5) is 63.9. The SMILES string of the molecule is CC(C)(C)C[C@H](NC(=O)/C=C/c1ccc(Cl)c(C#N)c1)C(=O)NC(C[C@@H]1CCNC1=O)C(=O)C(=O)NC1CC1. The minimum Gasteiger partial charge on any atom is -0.356 e. The van der Waals surface area contributed by atoms with Gasteiger partial charge in [0.15, 0.2) is 0 Å². The van der Waals surface area contributed by atoms with E-state index in [-0.39, 0.29) is 35.8 Å². The van der Waals surface area contributed by atoms with Crippen molar-refractivity contribution in [3.05, 3.63) is 40.4 Å². The fraction of sp³-hybridized carbons (Fsp3) is 0.500. The lowest BCUT2D eigenvalue weighted by atomic mass is 9.87. The zero-order valence-electron chi connectivity index (χ0n) is 22.3. The summed E-state index contributed by atoms with van der Waals surface area (Å²) in [6, 6.07) is 4.44. The average Bonchev–Trinajstić information content (AvgIpc) is 3.60. The van der Waals surface area contributed by atoms with Gasteiger partial charge < -0.3 is 21.3 Å². The highest BCUT2D eigenvalue weighted by molar-refractivity contribution is 6.38. The van der Waals surface area contributed by atoms with Crippen molar-refractivity contribution in [3.8, 4) is 6.07 Å². The van der Waals surface area contributed by atoms with Crippen LogP contribution in [0.4, 0.5) is 0 Å². The Hall–Kier alpha value is -3.71. The van der Waals surface area contributed by atoms with E-state index in [9.17, 15) is 24.0 Å². The quantitative estimate of drug-likeness (QED) is 0.241. The van der Waals surface area contributed by atoms with Crippen LogP contribution in [0.3, 0.4) is 0 Å². The Morgan fingerprint density at radius 2 is 1.87 bits per heavy atom. The van der Waals surface area contributed by atoms with Crippen molar-refractivity contribution in [1.29, 1.82) is 5.26 Å². The van der Waals surface area contributed by atoms with Crippen LogP contribution in [0.2, 0.25) is 5.02 Å². The van der Waals surface area contributed by atoms with E-state index >= 15 is 0 Å². The molecule has 1 aliphatic heterocycles. The van der Waals surface area contributed by atoms with Crippen molar-refractivity contribution in [1.82, 2.24) is 21.3 Å². The molecule has 11 heteroatoms. The molecule has 1 heterocycles. The predicted octanol–water partition coefficient (Wildman–Crippen LogP) is 2.00. The van der Waals surface area contributed by atoms with Crippen LogP contribution in [0.1, 0.15) is 64.0 Å². The predicted molar refractivity (Wildman–Crippen MR) is 145 cm³/mol. The van der Waals surface area contributed by atoms with Crippen LogP contribution in [-0.4, -0.2) is 54.1 Å². The number of benzene rings is 1. The summed E-state index contributed by atoms with van der Waals surface area (Å²) >= 11 is 5.96. The normalized spacial score (nSPS) is 18.5. The minimum atomic E-state index is -1.21. The molecule has 0 spiro atoms. The Bertz CT molecular complexity index is 1210. The summed E-state index contributed by atoms with van der Waals surface area (Å²) in [5.74, 6) is -3.52. The molecule has 2 fully saturated rings. The van der Waals surface area contributed by atoms with Gasteiger partial charge in [-0.05, 0) is 61.3 Å². The fourth-order valence-corrected chi connectivity index (χ4v) is 4.41. The highest BCUT2D eigenvalue weighted by Gasteiger charge is 2.37. The third kappa shape index (κ3) is 9.21. The molecule has 4 N–H and O–H groups in total. The second-order valence-electron chi connectivity index (χ2n) is 11.2. The second-order valence-corrected chi connectivity index (χ2v) is 11.6. The second kappa shape index (κ2) is 12.9. The maximum absolute atomic E-state index is 13.4. The van der Waals surface area contributed by atoms with Crippen LogP contribution in [0.5, 0.6) is 0 Å². The van der Waals surface area contributed by atoms with Crippen molar-refractivity contribution in [2.45, 2.75) is 71.0 Å². The first-order chi connectivity index (χ1) is 18.4. The van der Waals surface area contributed by atoms with Gasteiger partial charge in [-0.15, -0.1) is 0 Å². The zero-order valence-corrected chi connectivity index (χ0v) is 23.1. The molecule has 1 saturated heterocycles. The smallest absolute Gasteiger partial charge is 0.289 e. The summed E-state index contributed by atoms with van der Waals surface area (Å²) < 4.78 is 0. The maximum Gasteiger partial charge on any atom is 0.289 e. The molecule has 4 amide bonds. The molecule has 10 nitrogen and oxygen atoms in total. The Morgan fingerprint density at radius 3 is 2.46 bits per heavy atom. The highest BCUT2D eigenvalue weighted by Crippen LogP contribution is 2.23. The Labute approximate surface area is 232 Å². The Balaban J connectivity index is 1.74. The molecule has 3 atom stereocenters. The van der Waals surface area contributed by atoms with Gasteiger partial charge in [-0.3, -0.25) is 24.0 Å². The molecule has 0 radical (unpaired) electrons. The molecule has 39 heavy (non-hydrogen) atoms. The van der Waals surface area contributed by atoms with Gasteiger partial charge in [0, 0.05) is 24.6 Å². The molecule has 1 aliphatic carbocycles. The van der Waals surface area contributed by atoms with Gasteiger partial charge in [0.05, 0.1) is 16.6 Å². The molecule has 3 rings (SSSR count). The molecule has 0 aromatic heterocycles. The number of hydrogen-bond acceptors (Lipinski definition) is 6. The lowest BCUT2D eigenvalue weighted by molar-refractivity contribution is -0.141. The van der Waals surface area contributed by atoms with E-state index in [4.69, 9.17) is 16.9 Å². The van der Waals surface area contributed by atoms with Gasteiger partial charge in [-0.2, -0.15) is 5.26 Å². The van der Waals surface area contributed by atoms with Crippen LogP contribution < -0.4 is 21.3 Å². The highest BCUT2D eigenvalue weighted by atomic mass is 35.5. The van der Waals surface area contributed by atoms with Gasteiger partial charge in [-0.25, -0.2) is 0 Å². The summed E-state index contributed by atoms with van der Waals surface area (Å²) in [5, 5.41) is 20.1. The van der Waals surface area contributed by atoms with Crippen molar-refractivity contribution in [2.75, 3.05) is 6.54 Å². The van der Waals surface area contributed by atoms with Crippen LogP contribution in [0.25, 0.3) is 6.08 Å². The first-order valence-corrected chi connectivity index (χ1v) is 13.3. The number of nitrogens with zero attached hydrogens (tertiary/aromatic N) is 1. The van der Waals surface area contributed by atoms with Gasteiger partial charge in [-0.1, -0.05) is 38.4 Å². The number of ketones is 1. The van der Waals surface area contributed by atoms with Crippen LogP contribution >= 0.6 is 11.6 Å².